The van der Waals surface area contributed by atoms with Crippen LogP contribution in [0.4, 0.5) is 0 Å². The van der Waals surface area contributed by atoms with Gasteiger partial charge in [-0.15, -0.1) is 0 Å². The molecule has 1 aromatic heterocycles. The Kier molecular flexibility index (Phi) is 6.90. The van der Waals surface area contributed by atoms with Crippen molar-refractivity contribution in [1.29, 1.82) is 0 Å². The highest BCUT2D eigenvalue weighted by Crippen LogP contribution is 2.26. The Bertz CT molecular complexity index is 493. The lowest BCUT2D eigenvalue weighted by molar-refractivity contribution is 0.146. The molecule has 0 spiro atoms. The van der Waals surface area contributed by atoms with Gasteiger partial charge in [-0.25, -0.2) is 0 Å². The average molecular weight is 351 g/mol. The van der Waals surface area contributed by atoms with Crippen molar-refractivity contribution in [3.8, 4) is 0 Å². The number of piperidine rings is 1. The highest BCUT2D eigenvalue weighted by Gasteiger charge is 2.24. The van der Waals surface area contributed by atoms with Crippen molar-refractivity contribution in [2.75, 3.05) is 39.0 Å². The standard InChI is InChI=1S/C18H30N4OS/c1-19-18(20-13-15-7-6-12-24-15)21-14-16(17-8-5-11-23-17)22-9-3-2-4-10-22/h5,8,11,15-16H,2-4,6-7,9-10,12-14H2,1H3,(H2,19,20,21). The molecule has 2 saturated heterocycles. The van der Waals surface area contributed by atoms with Crippen LogP contribution >= 0.6 is 11.8 Å². The van der Waals surface area contributed by atoms with Gasteiger partial charge in [-0.2, -0.15) is 11.8 Å². The van der Waals surface area contributed by atoms with Gasteiger partial charge in [0.1, 0.15) is 5.76 Å². The Balaban J connectivity index is 1.53. The van der Waals surface area contributed by atoms with E-state index in [4.69, 9.17) is 4.42 Å². The number of likely N-dealkylation sites (tertiary alicyclic amines) is 1. The molecule has 6 heteroatoms. The molecule has 3 rings (SSSR count). The van der Waals surface area contributed by atoms with Crippen LogP contribution in [0, 0.1) is 0 Å². The van der Waals surface area contributed by atoms with Gasteiger partial charge < -0.3 is 15.1 Å². The quantitative estimate of drug-likeness (QED) is 0.610. The fourth-order valence-corrected chi connectivity index (χ4v) is 4.75. The molecule has 2 aliphatic heterocycles. The van der Waals surface area contributed by atoms with E-state index in [0.717, 1.165) is 43.1 Å². The van der Waals surface area contributed by atoms with Crippen LogP contribution in [0.15, 0.2) is 27.8 Å². The van der Waals surface area contributed by atoms with Crippen molar-refractivity contribution in [2.24, 2.45) is 4.99 Å². The summed E-state index contributed by atoms with van der Waals surface area (Å²) in [4.78, 5) is 6.92. The van der Waals surface area contributed by atoms with E-state index >= 15 is 0 Å². The number of thioether (sulfide) groups is 1. The highest BCUT2D eigenvalue weighted by atomic mass is 32.2. The van der Waals surface area contributed by atoms with Crippen LogP contribution in [0.2, 0.25) is 0 Å². The second-order valence-electron chi connectivity index (χ2n) is 6.60. The van der Waals surface area contributed by atoms with Gasteiger partial charge in [0.25, 0.3) is 0 Å². The molecule has 2 fully saturated rings. The van der Waals surface area contributed by atoms with Crippen LogP contribution in [0.1, 0.15) is 43.9 Å². The summed E-state index contributed by atoms with van der Waals surface area (Å²) in [5.74, 6) is 3.25. The summed E-state index contributed by atoms with van der Waals surface area (Å²) in [6.45, 7) is 4.13. The van der Waals surface area contributed by atoms with E-state index in [1.54, 1.807) is 6.26 Å². The Morgan fingerprint density at radius 3 is 2.88 bits per heavy atom. The van der Waals surface area contributed by atoms with Crippen LogP contribution in [0.3, 0.4) is 0 Å². The van der Waals surface area contributed by atoms with Crippen LogP contribution in [0.25, 0.3) is 0 Å². The third kappa shape index (κ3) is 4.93. The molecule has 0 bridgehead atoms. The number of hydrogen-bond acceptors (Lipinski definition) is 4. The third-order valence-electron chi connectivity index (χ3n) is 4.91. The van der Waals surface area contributed by atoms with Gasteiger partial charge in [-0.1, -0.05) is 6.42 Å². The molecule has 5 nitrogen and oxygen atoms in total. The lowest BCUT2D eigenvalue weighted by atomic mass is 10.1. The monoisotopic (exact) mass is 350 g/mol. The molecule has 2 N–H and O–H groups in total. The molecule has 0 aromatic carbocycles. The fourth-order valence-electron chi connectivity index (χ4n) is 3.55. The van der Waals surface area contributed by atoms with Gasteiger partial charge >= 0.3 is 0 Å². The van der Waals surface area contributed by atoms with Gasteiger partial charge in [-0.3, -0.25) is 9.89 Å². The molecule has 0 amide bonds. The van der Waals surface area contributed by atoms with Crippen LogP contribution in [-0.4, -0.2) is 55.1 Å². The number of guanidine groups is 1. The molecule has 1 aromatic rings. The largest absolute Gasteiger partial charge is 0.468 e. The summed E-state index contributed by atoms with van der Waals surface area (Å²) in [7, 11) is 1.85. The number of hydrogen-bond donors (Lipinski definition) is 2. The van der Waals surface area contributed by atoms with Crippen molar-refractivity contribution < 1.29 is 4.42 Å². The first kappa shape index (κ1) is 17.7. The molecular formula is C18H30N4OS. The molecule has 3 heterocycles. The predicted octanol–water partition coefficient (Wildman–Crippen LogP) is 2.87. The number of aliphatic imine (C=N–C) groups is 1. The topological polar surface area (TPSA) is 52.8 Å². The average Bonchev–Trinajstić information content (AvgIpc) is 3.32. The van der Waals surface area contributed by atoms with E-state index in [-0.39, 0.29) is 6.04 Å². The van der Waals surface area contributed by atoms with Crippen LogP contribution < -0.4 is 10.6 Å². The SMILES string of the molecule is CN=C(NCC1CCCS1)NCC(c1ccco1)N1CCCCC1. The van der Waals surface area contributed by atoms with Crippen molar-refractivity contribution >= 4 is 17.7 Å². The zero-order valence-electron chi connectivity index (χ0n) is 14.7. The minimum absolute atomic E-state index is 0.278. The van der Waals surface area contributed by atoms with E-state index in [2.05, 4.69) is 38.4 Å². The summed E-state index contributed by atoms with van der Waals surface area (Å²) in [6, 6.07) is 4.35. The van der Waals surface area contributed by atoms with Crippen molar-refractivity contribution in [3.05, 3.63) is 24.2 Å². The van der Waals surface area contributed by atoms with E-state index in [9.17, 15) is 0 Å². The Morgan fingerprint density at radius 1 is 1.33 bits per heavy atom. The van der Waals surface area contributed by atoms with E-state index in [0.29, 0.717) is 0 Å². The number of furan rings is 1. The van der Waals surface area contributed by atoms with Gasteiger partial charge in [0.05, 0.1) is 12.3 Å². The predicted molar refractivity (Wildman–Crippen MR) is 102 cm³/mol. The van der Waals surface area contributed by atoms with E-state index < -0.39 is 0 Å². The van der Waals surface area contributed by atoms with E-state index in [1.165, 1.54) is 37.9 Å². The van der Waals surface area contributed by atoms with Crippen molar-refractivity contribution in [1.82, 2.24) is 15.5 Å². The first-order chi connectivity index (χ1) is 11.9. The summed E-state index contributed by atoms with van der Waals surface area (Å²) < 4.78 is 5.71. The lowest BCUT2D eigenvalue weighted by Gasteiger charge is -2.33. The van der Waals surface area contributed by atoms with Crippen LogP contribution in [-0.2, 0) is 0 Å². The van der Waals surface area contributed by atoms with Crippen LogP contribution in [0.5, 0.6) is 0 Å². The second-order valence-corrected chi connectivity index (χ2v) is 8.01. The summed E-state index contributed by atoms with van der Waals surface area (Å²) >= 11 is 2.07. The molecule has 2 aliphatic rings. The molecule has 0 aliphatic carbocycles. The Hall–Kier alpha value is -1.14. The van der Waals surface area contributed by atoms with Crippen molar-refractivity contribution in [3.63, 3.8) is 0 Å². The van der Waals surface area contributed by atoms with Gasteiger partial charge in [0, 0.05) is 25.4 Å². The summed E-state index contributed by atoms with van der Waals surface area (Å²) in [6.07, 6.45) is 8.34. The smallest absolute Gasteiger partial charge is 0.191 e. The second kappa shape index (κ2) is 9.37. The summed E-state index contributed by atoms with van der Waals surface area (Å²) in [5, 5.41) is 7.72. The fraction of sp³-hybridized carbons (Fsp3) is 0.722. The van der Waals surface area contributed by atoms with Gasteiger partial charge in [0.2, 0.25) is 0 Å². The zero-order valence-corrected chi connectivity index (χ0v) is 15.5. The maximum Gasteiger partial charge on any atom is 0.191 e. The molecule has 134 valence electrons. The maximum atomic E-state index is 5.71. The molecule has 24 heavy (non-hydrogen) atoms. The van der Waals surface area contributed by atoms with Crippen molar-refractivity contribution in [2.45, 2.75) is 43.4 Å². The maximum absolute atomic E-state index is 5.71. The first-order valence-electron chi connectivity index (χ1n) is 9.20. The third-order valence-corrected chi connectivity index (χ3v) is 6.31. The Morgan fingerprint density at radius 2 is 2.21 bits per heavy atom. The number of nitrogens with zero attached hydrogens (tertiary/aromatic N) is 2. The normalized spacial score (nSPS) is 24.0. The minimum Gasteiger partial charge on any atom is -0.468 e. The molecular weight excluding hydrogens is 320 g/mol. The highest BCUT2D eigenvalue weighted by molar-refractivity contribution is 8.00. The number of rotatable bonds is 6. The molecule has 2 unspecified atom stereocenters. The van der Waals surface area contributed by atoms with Gasteiger partial charge in [0.15, 0.2) is 5.96 Å². The lowest BCUT2D eigenvalue weighted by Crippen LogP contribution is -2.45. The zero-order chi connectivity index (χ0) is 16.6. The van der Waals surface area contributed by atoms with E-state index in [1.807, 2.05) is 13.1 Å². The first-order valence-corrected chi connectivity index (χ1v) is 10.3. The molecule has 2 atom stereocenters. The minimum atomic E-state index is 0.278. The Labute approximate surface area is 149 Å². The molecule has 0 radical (unpaired) electrons. The number of nitrogens with one attached hydrogen (secondary N) is 2. The van der Waals surface area contributed by atoms with Gasteiger partial charge in [-0.05, 0) is 56.7 Å². The molecule has 0 saturated carbocycles. The summed E-state index contributed by atoms with van der Waals surface area (Å²) in [5.41, 5.74) is 0.